The summed E-state index contributed by atoms with van der Waals surface area (Å²) in [5.74, 6) is -0.122. The van der Waals surface area contributed by atoms with Crippen molar-refractivity contribution < 1.29 is 9.53 Å². The van der Waals surface area contributed by atoms with Gasteiger partial charge in [0, 0.05) is 20.1 Å². The number of ether oxygens (including phenoxy) is 1. The lowest BCUT2D eigenvalue weighted by Gasteiger charge is -2.36. The van der Waals surface area contributed by atoms with Crippen molar-refractivity contribution in [2.24, 2.45) is 0 Å². The quantitative estimate of drug-likeness (QED) is 0.835. The number of thioether (sulfide) groups is 1. The molecule has 2 heterocycles. The van der Waals surface area contributed by atoms with Gasteiger partial charge in [-0.3, -0.25) is 4.79 Å². The Morgan fingerprint density at radius 1 is 1.45 bits per heavy atom. The summed E-state index contributed by atoms with van der Waals surface area (Å²) in [5.41, 5.74) is 6.72. The number of nitrogen functional groups attached to an aromatic ring is 1. The fourth-order valence-corrected chi connectivity index (χ4v) is 4.59. The van der Waals surface area contributed by atoms with Crippen LogP contribution in [0.25, 0.3) is 0 Å². The van der Waals surface area contributed by atoms with Crippen molar-refractivity contribution in [1.29, 1.82) is 0 Å². The van der Waals surface area contributed by atoms with Crippen LogP contribution in [0.3, 0.4) is 0 Å². The largest absolute Gasteiger partial charge is 0.396 e. The molecule has 0 aliphatic carbocycles. The average molecular weight is 315 g/mol. The lowest BCUT2D eigenvalue weighted by atomic mass is 10.2. The third-order valence-electron chi connectivity index (χ3n) is 3.23. The Balaban J connectivity index is 2.38. The Labute approximate surface area is 127 Å². The van der Waals surface area contributed by atoms with E-state index in [0.29, 0.717) is 10.6 Å². The first-order chi connectivity index (χ1) is 9.47. The van der Waals surface area contributed by atoms with Crippen LogP contribution in [0, 0.1) is 0 Å². The number of thiophene rings is 1. The molecule has 2 rings (SSSR count). The minimum absolute atomic E-state index is 0.122. The van der Waals surface area contributed by atoms with Crippen LogP contribution in [-0.4, -0.2) is 44.5 Å². The van der Waals surface area contributed by atoms with Crippen LogP contribution in [0.4, 0.5) is 10.7 Å². The van der Waals surface area contributed by atoms with Gasteiger partial charge in [0.05, 0.1) is 22.8 Å². The second kappa shape index (κ2) is 6.24. The van der Waals surface area contributed by atoms with Gasteiger partial charge in [0.25, 0.3) is 5.91 Å². The second-order valence-electron chi connectivity index (χ2n) is 4.92. The zero-order valence-corrected chi connectivity index (χ0v) is 13.9. The smallest absolute Gasteiger partial charge is 0.263 e. The highest BCUT2D eigenvalue weighted by Crippen LogP contribution is 2.44. The van der Waals surface area contributed by atoms with E-state index in [4.69, 9.17) is 10.5 Å². The molecule has 0 radical (unpaired) electrons. The lowest BCUT2D eigenvalue weighted by molar-refractivity contribution is -0.00513. The fraction of sp³-hybridized carbons (Fsp3) is 0.615. The van der Waals surface area contributed by atoms with Crippen LogP contribution in [0.5, 0.6) is 0 Å². The van der Waals surface area contributed by atoms with Crippen LogP contribution in [0.2, 0.25) is 0 Å². The second-order valence-corrected chi connectivity index (χ2v) is 6.74. The zero-order valence-electron chi connectivity index (χ0n) is 12.2. The standard InChI is InChI=1S/C13H21N3O2S2/c1-7-5-16(6-8(2)18-7)13-11(19-4)9(14)10(20-13)12(17)15-3/h7-8H,5-6,14H2,1-4H3,(H,15,17). The van der Waals surface area contributed by atoms with Crippen LogP contribution in [-0.2, 0) is 4.74 Å². The molecule has 5 nitrogen and oxygen atoms in total. The molecule has 7 heteroatoms. The highest BCUT2D eigenvalue weighted by Gasteiger charge is 2.28. The Hall–Kier alpha value is -0.920. The number of morpholine rings is 1. The first-order valence-corrected chi connectivity index (χ1v) is 8.60. The van der Waals surface area contributed by atoms with E-state index in [9.17, 15) is 4.79 Å². The van der Waals surface area contributed by atoms with E-state index in [0.717, 1.165) is 23.0 Å². The molecule has 1 aromatic heterocycles. The van der Waals surface area contributed by atoms with E-state index in [1.54, 1.807) is 18.8 Å². The van der Waals surface area contributed by atoms with Crippen molar-refractivity contribution in [2.75, 3.05) is 37.0 Å². The van der Waals surface area contributed by atoms with Crippen molar-refractivity contribution in [3.05, 3.63) is 4.88 Å². The van der Waals surface area contributed by atoms with Crippen molar-refractivity contribution in [3.8, 4) is 0 Å². The van der Waals surface area contributed by atoms with Gasteiger partial charge in [-0.25, -0.2) is 0 Å². The van der Waals surface area contributed by atoms with E-state index in [1.807, 2.05) is 6.26 Å². The Morgan fingerprint density at radius 2 is 2.05 bits per heavy atom. The number of hydrogen-bond donors (Lipinski definition) is 2. The van der Waals surface area contributed by atoms with Gasteiger partial charge in [0.1, 0.15) is 9.88 Å². The topological polar surface area (TPSA) is 67.6 Å². The molecule has 1 aliphatic rings. The molecule has 0 aromatic carbocycles. The summed E-state index contributed by atoms with van der Waals surface area (Å²) >= 11 is 3.06. The van der Waals surface area contributed by atoms with Crippen LogP contribution in [0.1, 0.15) is 23.5 Å². The molecule has 0 spiro atoms. The Bertz CT molecular complexity index is 494. The summed E-state index contributed by atoms with van der Waals surface area (Å²) in [4.78, 5) is 15.8. The number of amides is 1. The van der Waals surface area contributed by atoms with Gasteiger partial charge in [0.15, 0.2) is 0 Å². The van der Waals surface area contributed by atoms with Crippen molar-refractivity contribution >= 4 is 39.7 Å². The monoisotopic (exact) mass is 315 g/mol. The van der Waals surface area contributed by atoms with E-state index in [1.165, 1.54) is 11.3 Å². The molecule has 3 N–H and O–H groups in total. The molecule has 1 aromatic rings. The number of rotatable bonds is 3. The summed E-state index contributed by atoms with van der Waals surface area (Å²) in [6.45, 7) is 5.78. The van der Waals surface area contributed by atoms with Gasteiger partial charge in [-0.2, -0.15) is 0 Å². The molecule has 0 bridgehead atoms. The van der Waals surface area contributed by atoms with Gasteiger partial charge in [-0.1, -0.05) is 0 Å². The summed E-state index contributed by atoms with van der Waals surface area (Å²) in [6.07, 6.45) is 2.35. The number of anilines is 2. The van der Waals surface area contributed by atoms with Crippen LogP contribution >= 0.6 is 23.1 Å². The number of nitrogens with zero attached hydrogens (tertiary/aromatic N) is 1. The van der Waals surface area contributed by atoms with Crippen molar-refractivity contribution in [3.63, 3.8) is 0 Å². The molecule has 2 unspecified atom stereocenters. The van der Waals surface area contributed by atoms with E-state index in [2.05, 4.69) is 24.1 Å². The maximum absolute atomic E-state index is 11.9. The molecule has 2 atom stereocenters. The number of hydrogen-bond acceptors (Lipinski definition) is 6. The Kier molecular flexibility index (Phi) is 4.82. The molecule has 112 valence electrons. The Morgan fingerprint density at radius 3 is 2.55 bits per heavy atom. The summed E-state index contributed by atoms with van der Waals surface area (Å²) < 4.78 is 5.76. The average Bonchev–Trinajstić information content (AvgIpc) is 2.73. The van der Waals surface area contributed by atoms with E-state index in [-0.39, 0.29) is 18.1 Å². The summed E-state index contributed by atoms with van der Waals surface area (Å²) in [6, 6.07) is 0. The van der Waals surface area contributed by atoms with Gasteiger partial charge in [-0.15, -0.1) is 23.1 Å². The highest BCUT2D eigenvalue weighted by atomic mass is 32.2. The lowest BCUT2D eigenvalue weighted by Crippen LogP contribution is -2.45. The molecule has 20 heavy (non-hydrogen) atoms. The number of carbonyl (C=O) groups excluding carboxylic acids is 1. The van der Waals surface area contributed by atoms with Gasteiger partial charge in [-0.05, 0) is 20.1 Å². The molecule has 1 fully saturated rings. The molecule has 1 aliphatic heterocycles. The molecular formula is C13H21N3O2S2. The molecule has 1 amide bonds. The highest BCUT2D eigenvalue weighted by molar-refractivity contribution is 7.99. The van der Waals surface area contributed by atoms with Gasteiger partial charge in [0.2, 0.25) is 0 Å². The maximum Gasteiger partial charge on any atom is 0.263 e. The van der Waals surface area contributed by atoms with Crippen LogP contribution in [0.15, 0.2) is 4.90 Å². The minimum atomic E-state index is -0.122. The summed E-state index contributed by atoms with van der Waals surface area (Å²) in [7, 11) is 1.62. The van der Waals surface area contributed by atoms with Crippen molar-refractivity contribution in [2.45, 2.75) is 31.0 Å². The number of nitrogens with one attached hydrogen (secondary N) is 1. The fourth-order valence-electron chi connectivity index (χ4n) is 2.45. The van der Waals surface area contributed by atoms with Crippen molar-refractivity contribution in [1.82, 2.24) is 5.32 Å². The predicted octanol–water partition coefficient (Wildman–Crippen LogP) is 2.03. The molecule has 1 saturated heterocycles. The zero-order chi connectivity index (χ0) is 14.9. The number of nitrogens with two attached hydrogens (primary N) is 1. The maximum atomic E-state index is 11.9. The molecular weight excluding hydrogens is 294 g/mol. The third-order valence-corrected chi connectivity index (χ3v) is 5.44. The SMILES string of the molecule is CNC(=O)c1sc(N2CC(C)OC(C)C2)c(SC)c1N. The first kappa shape index (κ1) is 15.5. The van der Waals surface area contributed by atoms with Gasteiger partial charge < -0.3 is 20.7 Å². The predicted molar refractivity (Wildman–Crippen MR) is 86.1 cm³/mol. The van der Waals surface area contributed by atoms with E-state index < -0.39 is 0 Å². The number of carbonyl (C=O) groups is 1. The minimum Gasteiger partial charge on any atom is -0.396 e. The van der Waals surface area contributed by atoms with Crippen LogP contribution < -0.4 is 16.0 Å². The van der Waals surface area contributed by atoms with Gasteiger partial charge >= 0.3 is 0 Å². The van der Waals surface area contributed by atoms with E-state index >= 15 is 0 Å². The first-order valence-electron chi connectivity index (χ1n) is 6.56. The summed E-state index contributed by atoms with van der Waals surface area (Å²) in [5, 5.41) is 3.73. The molecule has 0 saturated carbocycles. The third kappa shape index (κ3) is 2.89. The normalized spacial score (nSPS) is 22.9.